The van der Waals surface area contributed by atoms with E-state index >= 15 is 0 Å². The Bertz CT molecular complexity index is 498. The molecule has 2 N–H and O–H groups in total. The first-order valence-corrected chi connectivity index (χ1v) is 8.90. The second-order valence-corrected chi connectivity index (χ2v) is 7.63. The molecule has 2 unspecified atom stereocenters. The Labute approximate surface area is 137 Å². The molecule has 0 aliphatic rings. The highest BCUT2D eigenvalue weighted by Crippen LogP contribution is 2.38. The van der Waals surface area contributed by atoms with Crippen molar-refractivity contribution in [1.29, 1.82) is 0 Å². The fourth-order valence-electron chi connectivity index (χ4n) is 1.82. The van der Waals surface area contributed by atoms with Crippen molar-refractivity contribution in [2.45, 2.75) is 25.9 Å². The molecule has 23 heavy (non-hydrogen) atoms. The minimum absolute atomic E-state index is 0.178. The second kappa shape index (κ2) is 8.89. The van der Waals surface area contributed by atoms with E-state index in [2.05, 4.69) is 0 Å². The lowest BCUT2D eigenvalue weighted by Crippen LogP contribution is -2.43. The van der Waals surface area contributed by atoms with Crippen LogP contribution in [-0.4, -0.2) is 61.0 Å². The Hall–Kier alpha value is -0.790. The number of phosphoric acid groups is 1. The number of nitrogens with zero attached hydrogens (tertiary/aromatic N) is 1. The third-order valence-corrected chi connectivity index (χ3v) is 3.36. The molecule has 0 aliphatic heterocycles. The lowest BCUT2D eigenvalue weighted by atomic mass is 10.2. The summed E-state index contributed by atoms with van der Waals surface area (Å²) in [6.07, 6.45) is -1.23. The number of likely N-dealkylation sites (N-methyl/N-ethyl adjacent to an activating group) is 1. The highest BCUT2D eigenvalue weighted by atomic mass is 31.2. The summed E-state index contributed by atoms with van der Waals surface area (Å²) >= 11 is 0. The normalized spacial score (nSPS) is 15.4. The molecule has 0 amide bonds. The predicted molar refractivity (Wildman–Crippen MR) is 86.5 cm³/mol. The van der Waals surface area contributed by atoms with Gasteiger partial charge in [-0.2, -0.15) is 0 Å². The second-order valence-electron chi connectivity index (χ2n) is 6.44. The van der Waals surface area contributed by atoms with E-state index < -0.39 is 14.1 Å². The van der Waals surface area contributed by atoms with Gasteiger partial charge >= 0.3 is 7.82 Å². The Morgan fingerprint density at radius 3 is 2.26 bits per heavy atom. The summed E-state index contributed by atoms with van der Waals surface area (Å²) in [5.74, 6) is 0. The zero-order chi connectivity index (χ0) is 17.5. The van der Waals surface area contributed by atoms with Gasteiger partial charge < -0.3 is 23.7 Å². The molecule has 0 spiro atoms. The average molecular weight is 348 g/mol. The highest BCUT2D eigenvalue weighted by molar-refractivity contribution is 7.46. The van der Waals surface area contributed by atoms with Crippen LogP contribution in [0.3, 0.4) is 0 Å². The zero-order valence-corrected chi connectivity index (χ0v) is 15.0. The van der Waals surface area contributed by atoms with Crippen molar-refractivity contribution >= 4 is 7.82 Å². The highest BCUT2D eigenvalue weighted by Gasteiger charge is 2.28. The molecule has 0 radical (unpaired) electrons. The topological polar surface area (TPSA) is 85.2 Å². The standard InChI is InChI=1S/C15H26NO6P/c1-13(20-12-14-8-6-5-7-9-14)11-21-15(10-16(2,3)4)22-23(17,18)19/h5-9,13,15H,10-12H2,1-4H3,(H-,17,18,19)/p+1. The molecule has 0 heterocycles. The maximum absolute atomic E-state index is 11.0. The van der Waals surface area contributed by atoms with Gasteiger partial charge in [0.1, 0.15) is 6.54 Å². The van der Waals surface area contributed by atoms with Crippen molar-refractivity contribution in [3.63, 3.8) is 0 Å². The molecule has 0 saturated carbocycles. The first kappa shape index (κ1) is 20.3. The van der Waals surface area contributed by atoms with Gasteiger partial charge in [0, 0.05) is 0 Å². The van der Waals surface area contributed by atoms with Gasteiger partial charge in [0.2, 0.25) is 6.29 Å². The van der Waals surface area contributed by atoms with Crippen LogP contribution in [0.15, 0.2) is 30.3 Å². The molecule has 132 valence electrons. The molecule has 0 saturated heterocycles. The number of rotatable bonds is 10. The van der Waals surface area contributed by atoms with E-state index in [1.165, 1.54) is 0 Å². The van der Waals surface area contributed by atoms with E-state index in [-0.39, 0.29) is 12.7 Å². The summed E-state index contributed by atoms with van der Waals surface area (Å²) in [7, 11) is 1.04. The Morgan fingerprint density at radius 1 is 1.13 bits per heavy atom. The van der Waals surface area contributed by atoms with Gasteiger partial charge in [-0.3, -0.25) is 4.52 Å². The Morgan fingerprint density at radius 2 is 1.74 bits per heavy atom. The maximum atomic E-state index is 11.0. The number of quaternary nitrogens is 1. The van der Waals surface area contributed by atoms with Crippen LogP contribution in [0.1, 0.15) is 12.5 Å². The van der Waals surface area contributed by atoms with Crippen LogP contribution in [0.5, 0.6) is 0 Å². The van der Waals surface area contributed by atoms with Gasteiger partial charge in [-0.25, -0.2) is 4.57 Å². The summed E-state index contributed by atoms with van der Waals surface area (Å²) in [5.41, 5.74) is 1.05. The number of hydrogen-bond donors (Lipinski definition) is 2. The fraction of sp³-hybridized carbons (Fsp3) is 0.600. The van der Waals surface area contributed by atoms with E-state index in [4.69, 9.17) is 23.8 Å². The lowest BCUT2D eigenvalue weighted by Gasteiger charge is -2.29. The maximum Gasteiger partial charge on any atom is 0.472 e. The lowest BCUT2D eigenvalue weighted by molar-refractivity contribution is -0.876. The van der Waals surface area contributed by atoms with Crippen LogP contribution < -0.4 is 0 Å². The molecule has 0 fully saturated rings. The summed E-state index contributed by atoms with van der Waals surface area (Å²) < 4.78 is 27.3. The minimum atomic E-state index is -4.61. The molecule has 2 atom stereocenters. The van der Waals surface area contributed by atoms with Crippen molar-refractivity contribution in [3.8, 4) is 0 Å². The van der Waals surface area contributed by atoms with Crippen LogP contribution in [0.25, 0.3) is 0 Å². The van der Waals surface area contributed by atoms with Crippen LogP contribution in [-0.2, 0) is 25.2 Å². The van der Waals surface area contributed by atoms with E-state index in [0.29, 0.717) is 17.6 Å². The molecule has 7 nitrogen and oxygen atoms in total. The van der Waals surface area contributed by atoms with Crippen molar-refractivity contribution in [2.24, 2.45) is 0 Å². The molecule has 1 aromatic rings. The van der Waals surface area contributed by atoms with Gasteiger partial charge in [0.05, 0.1) is 40.5 Å². The summed E-state index contributed by atoms with van der Waals surface area (Å²) in [4.78, 5) is 17.9. The van der Waals surface area contributed by atoms with Gasteiger partial charge in [-0.1, -0.05) is 30.3 Å². The largest absolute Gasteiger partial charge is 0.472 e. The van der Waals surface area contributed by atoms with Crippen molar-refractivity contribution in [2.75, 3.05) is 34.3 Å². The van der Waals surface area contributed by atoms with E-state index in [0.717, 1.165) is 5.56 Å². The first-order chi connectivity index (χ1) is 10.6. The molecule has 1 rings (SSSR count). The van der Waals surface area contributed by atoms with Crippen molar-refractivity contribution < 1.29 is 32.8 Å². The third-order valence-electron chi connectivity index (χ3n) is 2.85. The van der Waals surface area contributed by atoms with E-state index in [1.54, 1.807) is 0 Å². The number of ether oxygens (including phenoxy) is 2. The molecule has 0 bridgehead atoms. The number of phosphoric ester groups is 1. The summed E-state index contributed by atoms with van der Waals surface area (Å²) in [5, 5.41) is 0. The van der Waals surface area contributed by atoms with Crippen molar-refractivity contribution in [1.82, 2.24) is 0 Å². The predicted octanol–water partition coefficient (Wildman–Crippen LogP) is 1.75. The van der Waals surface area contributed by atoms with E-state index in [1.807, 2.05) is 58.4 Å². The van der Waals surface area contributed by atoms with Crippen LogP contribution in [0.4, 0.5) is 0 Å². The van der Waals surface area contributed by atoms with Crippen LogP contribution in [0.2, 0.25) is 0 Å². The Balaban J connectivity index is 2.44. The fourth-order valence-corrected chi connectivity index (χ4v) is 2.25. The van der Waals surface area contributed by atoms with Gasteiger partial charge in [-0.15, -0.1) is 0 Å². The average Bonchev–Trinajstić information content (AvgIpc) is 2.40. The van der Waals surface area contributed by atoms with Gasteiger partial charge in [0.15, 0.2) is 0 Å². The first-order valence-electron chi connectivity index (χ1n) is 7.37. The third kappa shape index (κ3) is 10.6. The molecule has 1 aromatic carbocycles. The van der Waals surface area contributed by atoms with Crippen LogP contribution >= 0.6 is 7.82 Å². The molecular weight excluding hydrogens is 321 g/mol. The molecule has 0 aliphatic carbocycles. The monoisotopic (exact) mass is 348 g/mol. The smallest absolute Gasteiger partial charge is 0.371 e. The van der Waals surface area contributed by atoms with E-state index in [9.17, 15) is 4.57 Å². The van der Waals surface area contributed by atoms with Gasteiger partial charge in [-0.05, 0) is 12.5 Å². The quantitative estimate of drug-likeness (QED) is 0.381. The number of hydrogen-bond acceptors (Lipinski definition) is 4. The number of benzene rings is 1. The zero-order valence-electron chi connectivity index (χ0n) is 14.1. The summed E-state index contributed by atoms with van der Waals surface area (Å²) in [6, 6.07) is 9.73. The molecular formula is C15H27NO6P+. The summed E-state index contributed by atoms with van der Waals surface area (Å²) in [6.45, 7) is 2.77. The van der Waals surface area contributed by atoms with Crippen molar-refractivity contribution in [3.05, 3.63) is 35.9 Å². The van der Waals surface area contributed by atoms with Gasteiger partial charge in [0.25, 0.3) is 0 Å². The van der Waals surface area contributed by atoms with Crippen LogP contribution in [0, 0.1) is 0 Å². The minimum Gasteiger partial charge on any atom is -0.371 e. The SMILES string of the molecule is CC(COC(C[N+](C)(C)C)OP(=O)(O)O)OCc1ccccc1. The molecule has 8 heteroatoms. The molecule has 0 aromatic heterocycles. The Kier molecular flexibility index (Phi) is 7.83.